The van der Waals surface area contributed by atoms with Crippen molar-refractivity contribution in [3.05, 3.63) is 69.7 Å². The number of halogens is 2. The zero-order valence-corrected chi connectivity index (χ0v) is 15.6. The van der Waals surface area contributed by atoms with Crippen molar-refractivity contribution in [1.82, 2.24) is 0 Å². The van der Waals surface area contributed by atoms with Gasteiger partial charge in [-0.15, -0.1) is 0 Å². The smallest absolute Gasteiger partial charge is 0.0437 e. The molecule has 0 bridgehead atoms. The van der Waals surface area contributed by atoms with Crippen molar-refractivity contribution in [2.24, 2.45) is 0 Å². The van der Waals surface area contributed by atoms with Crippen LogP contribution in [0.25, 0.3) is 0 Å². The van der Waals surface area contributed by atoms with E-state index in [9.17, 15) is 0 Å². The highest BCUT2D eigenvalue weighted by molar-refractivity contribution is 6.31. The Morgan fingerprint density at radius 1 is 0.714 bits per heavy atom. The third-order valence-corrected chi connectivity index (χ3v) is 3.21. The summed E-state index contributed by atoms with van der Waals surface area (Å²) in [7, 11) is 0. The summed E-state index contributed by atoms with van der Waals surface area (Å²) in [5.74, 6) is 0. The Labute approximate surface area is 141 Å². The average molecular weight is 327 g/mol. The summed E-state index contributed by atoms with van der Waals surface area (Å²) < 4.78 is 0. The Morgan fingerprint density at radius 2 is 1.14 bits per heavy atom. The van der Waals surface area contributed by atoms with Crippen LogP contribution in [-0.2, 0) is 6.42 Å². The summed E-state index contributed by atoms with van der Waals surface area (Å²) in [5.41, 5.74) is 2.35. The van der Waals surface area contributed by atoms with Crippen LogP contribution in [0, 0.1) is 6.92 Å². The van der Waals surface area contributed by atoms with Crippen LogP contribution in [0.15, 0.2) is 48.5 Å². The second-order valence-corrected chi connectivity index (χ2v) is 4.51. The number of rotatable bonds is 1. The van der Waals surface area contributed by atoms with Gasteiger partial charge in [0.15, 0.2) is 0 Å². The second-order valence-electron chi connectivity index (χ2n) is 3.69. The summed E-state index contributed by atoms with van der Waals surface area (Å²) >= 11 is 11.5. The van der Waals surface area contributed by atoms with Crippen LogP contribution in [0.3, 0.4) is 0 Å². The van der Waals surface area contributed by atoms with Gasteiger partial charge in [-0.3, -0.25) is 0 Å². The van der Waals surface area contributed by atoms with Crippen LogP contribution in [0.5, 0.6) is 0 Å². The molecule has 21 heavy (non-hydrogen) atoms. The predicted octanol–water partition coefficient (Wildman–Crippen LogP) is 7.60. The fraction of sp³-hybridized carbons (Fsp3) is 0.368. The van der Waals surface area contributed by atoms with Crippen LogP contribution in [0.2, 0.25) is 10.0 Å². The summed E-state index contributed by atoms with van der Waals surface area (Å²) in [6.07, 6.45) is 1.01. The lowest BCUT2D eigenvalue weighted by Crippen LogP contribution is -1.78. The van der Waals surface area contributed by atoms with E-state index in [1.54, 1.807) is 0 Å². The zero-order chi connectivity index (χ0) is 16.7. The van der Waals surface area contributed by atoms with Gasteiger partial charge in [-0.25, -0.2) is 0 Å². The van der Waals surface area contributed by atoms with Gasteiger partial charge in [0, 0.05) is 10.0 Å². The highest BCUT2D eigenvalue weighted by Crippen LogP contribution is 2.14. The Hall–Kier alpha value is -0.980. The Kier molecular flexibility index (Phi) is 16.4. The van der Waals surface area contributed by atoms with Crippen LogP contribution in [0.4, 0.5) is 0 Å². The molecule has 0 aromatic heterocycles. The molecule has 118 valence electrons. The van der Waals surface area contributed by atoms with Crippen molar-refractivity contribution in [3.8, 4) is 0 Å². The first-order valence-electron chi connectivity index (χ1n) is 7.59. The quantitative estimate of drug-likeness (QED) is 0.506. The van der Waals surface area contributed by atoms with E-state index < -0.39 is 0 Å². The van der Waals surface area contributed by atoms with E-state index in [2.05, 4.69) is 6.92 Å². The highest BCUT2D eigenvalue weighted by Gasteiger charge is 1.91. The molecular formula is C19H28Cl2. The summed E-state index contributed by atoms with van der Waals surface area (Å²) in [4.78, 5) is 0. The van der Waals surface area contributed by atoms with Crippen LogP contribution in [-0.4, -0.2) is 0 Å². The van der Waals surface area contributed by atoms with Gasteiger partial charge in [-0.05, 0) is 36.6 Å². The van der Waals surface area contributed by atoms with E-state index in [1.807, 2.05) is 83.1 Å². The van der Waals surface area contributed by atoms with Crippen molar-refractivity contribution in [1.29, 1.82) is 0 Å². The van der Waals surface area contributed by atoms with Crippen molar-refractivity contribution in [3.63, 3.8) is 0 Å². The topological polar surface area (TPSA) is 0 Å². The van der Waals surface area contributed by atoms with E-state index in [-0.39, 0.29) is 0 Å². The monoisotopic (exact) mass is 326 g/mol. The standard InChI is InChI=1S/C8H9Cl.C7H7Cl.2C2H6/c1-2-7-5-3-4-6-8(7)9;1-6-4-2-3-5-7(6)8;2*1-2/h3-6H,2H2,1H3;2-5H,1H3;2*1-2H3. The first-order chi connectivity index (χ1) is 10.1. The lowest BCUT2D eigenvalue weighted by molar-refractivity contribution is 1.14. The largest absolute Gasteiger partial charge is 0.0841 e. The minimum absolute atomic E-state index is 0.840. The molecule has 0 aliphatic carbocycles. The molecule has 2 heteroatoms. The lowest BCUT2D eigenvalue weighted by atomic mass is 10.2. The molecule has 0 saturated heterocycles. The molecule has 0 heterocycles. The molecule has 0 nitrogen and oxygen atoms in total. The molecule has 0 amide bonds. The molecule has 0 aliphatic rings. The molecule has 2 aromatic carbocycles. The third-order valence-electron chi connectivity index (χ3n) is 2.42. The molecule has 0 aliphatic heterocycles. The number of hydrogen-bond donors (Lipinski definition) is 0. The van der Waals surface area contributed by atoms with Crippen LogP contribution < -0.4 is 0 Å². The maximum absolute atomic E-state index is 5.82. The predicted molar refractivity (Wildman–Crippen MR) is 99.7 cm³/mol. The highest BCUT2D eigenvalue weighted by atomic mass is 35.5. The van der Waals surface area contributed by atoms with E-state index in [0.717, 1.165) is 22.0 Å². The van der Waals surface area contributed by atoms with E-state index in [1.165, 1.54) is 5.56 Å². The molecule has 2 aromatic rings. The third kappa shape index (κ3) is 10.4. The van der Waals surface area contributed by atoms with E-state index in [4.69, 9.17) is 23.2 Å². The fourth-order valence-corrected chi connectivity index (χ4v) is 1.74. The van der Waals surface area contributed by atoms with Crippen LogP contribution >= 0.6 is 23.2 Å². The van der Waals surface area contributed by atoms with Gasteiger partial charge in [0.05, 0.1) is 0 Å². The SMILES string of the molecule is CC.CC.CCc1ccccc1Cl.Cc1ccccc1Cl. The van der Waals surface area contributed by atoms with Gasteiger partial charge < -0.3 is 0 Å². The molecule has 0 saturated carbocycles. The molecule has 0 unspecified atom stereocenters. The Balaban J connectivity index is 0. The molecule has 0 N–H and O–H groups in total. The number of benzene rings is 2. The van der Waals surface area contributed by atoms with Crippen molar-refractivity contribution >= 4 is 23.2 Å². The normalized spacial score (nSPS) is 8.19. The second kappa shape index (κ2) is 15.4. The maximum Gasteiger partial charge on any atom is 0.0437 e. The first kappa shape index (κ1) is 22.3. The molecular weight excluding hydrogens is 299 g/mol. The Bertz CT molecular complexity index is 444. The van der Waals surface area contributed by atoms with Crippen LogP contribution in [0.1, 0.15) is 45.7 Å². The fourth-order valence-electron chi connectivity index (χ4n) is 1.34. The molecule has 0 spiro atoms. The summed E-state index contributed by atoms with van der Waals surface area (Å²) in [6, 6.07) is 15.7. The maximum atomic E-state index is 5.82. The lowest BCUT2D eigenvalue weighted by Gasteiger charge is -1.96. The van der Waals surface area contributed by atoms with Gasteiger partial charge >= 0.3 is 0 Å². The minimum atomic E-state index is 0.840. The van der Waals surface area contributed by atoms with E-state index >= 15 is 0 Å². The molecule has 0 fully saturated rings. The Morgan fingerprint density at radius 3 is 1.43 bits per heavy atom. The minimum Gasteiger partial charge on any atom is -0.0841 e. The first-order valence-corrected chi connectivity index (χ1v) is 8.35. The van der Waals surface area contributed by atoms with Gasteiger partial charge in [0.1, 0.15) is 0 Å². The zero-order valence-electron chi connectivity index (χ0n) is 14.1. The van der Waals surface area contributed by atoms with Crippen molar-refractivity contribution < 1.29 is 0 Å². The van der Waals surface area contributed by atoms with Crippen molar-refractivity contribution in [2.75, 3.05) is 0 Å². The van der Waals surface area contributed by atoms with Gasteiger partial charge in [0.25, 0.3) is 0 Å². The van der Waals surface area contributed by atoms with Gasteiger partial charge in [-0.2, -0.15) is 0 Å². The molecule has 2 rings (SSSR count). The van der Waals surface area contributed by atoms with Gasteiger partial charge in [0.2, 0.25) is 0 Å². The van der Waals surface area contributed by atoms with Crippen molar-refractivity contribution in [2.45, 2.75) is 48.0 Å². The van der Waals surface area contributed by atoms with Gasteiger partial charge in [-0.1, -0.05) is 94.2 Å². The molecule has 0 atom stereocenters. The van der Waals surface area contributed by atoms with E-state index in [0.29, 0.717) is 0 Å². The number of aryl methyl sites for hydroxylation is 2. The average Bonchev–Trinajstić information content (AvgIpc) is 2.55. The molecule has 0 radical (unpaired) electrons. The number of hydrogen-bond acceptors (Lipinski definition) is 0. The summed E-state index contributed by atoms with van der Waals surface area (Å²) in [5, 5.41) is 1.72. The summed E-state index contributed by atoms with van der Waals surface area (Å²) in [6.45, 7) is 12.1.